The van der Waals surface area contributed by atoms with E-state index in [1.807, 2.05) is 17.8 Å². The molecule has 0 bridgehead atoms. The molecule has 7 nitrogen and oxygen atoms in total. The van der Waals surface area contributed by atoms with Crippen LogP contribution in [-0.4, -0.2) is 78.4 Å². The Kier molecular flexibility index (Phi) is 8.85. The van der Waals surface area contributed by atoms with E-state index in [4.69, 9.17) is 0 Å². The number of aryl methyl sites for hydroxylation is 1. The maximum absolute atomic E-state index is 4.65. The number of hydrogen-bond donors (Lipinski definition) is 2. The Bertz CT molecular complexity index is 488. The number of halogens is 1. The highest BCUT2D eigenvalue weighted by molar-refractivity contribution is 14.0. The van der Waals surface area contributed by atoms with Gasteiger partial charge in [-0.2, -0.15) is 5.10 Å². The van der Waals surface area contributed by atoms with Crippen molar-refractivity contribution in [2.75, 3.05) is 46.8 Å². The summed E-state index contributed by atoms with van der Waals surface area (Å²) in [5.74, 6) is 0.866. The van der Waals surface area contributed by atoms with Crippen molar-refractivity contribution >= 4 is 29.9 Å². The monoisotopic (exact) mass is 435 g/mol. The third kappa shape index (κ3) is 6.27. The van der Waals surface area contributed by atoms with Crippen LogP contribution in [0.3, 0.4) is 0 Å². The first-order chi connectivity index (χ1) is 10.6. The standard InChI is InChI=1S/C15H29N7.HI/c1-5-16-15(17-10-13-6-7-19-22(13)4)18-11-14-12-20(2)8-9-21(14)3;/h6-7,14H,5,8-12H2,1-4H3,(H2,16,17,18);1H. The highest BCUT2D eigenvalue weighted by Gasteiger charge is 2.21. The fourth-order valence-corrected chi connectivity index (χ4v) is 2.59. The van der Waals surface area contributed by atoms with E-state index in [1.54, 1.807) is 6.20 Å². The SMILES string of the molecule is CCNC(=NCc1ccnn1C)NCC1CN(C)CCN1C.I. The Morgan fingerprint density at radius 2 is 2.09 bits per heavy atom. The Labute approximate surface area is 156 Å². The van der Waals surface area contributed by atoms with Gasteiger partial charge in [-0.05, 0) is 27.1 Å². The molecule has 1 fully saturated rings. The molecule has 1 atom stereocenters. The summed E-state index contributed by atoms with van der Waals surface area (Å²) in [5, 5.41) is 10.9. The van der Waals surface area contributed by atoms with Gasteiger partial charge in [0.2, 0.25) is 0 Å². The molecule has 0 amide bonds. The molecular weight excluding hydrogens is 405 g/mol. The number of guanidine groups is 1. The molecule has 23 heavy (non-hydrogen) atoms. The molecule has 0 spiro atoms. The first kappa shape index (κ1) is 20.2. The number of nitrogens with zero attached hydrogens (tertiary/aromatic N) is 5. The van der Waals surface area contributed by atoms with Crippen molar-refractivity contribution in [2.24, 2.45) is 12.0 Å². The van der Waals surface area contributed by atoms with E-state index in [0.717, 1.165) is 44.4 Å². The summed E-state index contributed by atoms with van der Waals surface area (Å²) < 4.78 is 1.86. The molecule has 2 rings (SSSR count). The predicted molar refractivity (Wildman–Crippen MR) is 105 cm³/mol. The van der Waals surface area contributed by atoms with Crippen LogP contribution in [0, 0.1) is 0 Å². The zero-order chi connectivity index (χ0) is 15.9. The van der Waals surface area contributed by atoms with Gasteiger partial charge in [-0.25, -0.2) is 4.99 Å². The van der Waals surface area contributed by atoms with Gasteiger partial charge in [0.25, 0.3) is 0 Å². The lowest BCUT2D eigenvalue weighted by molar-refractivity contribution is 0.116. The summed E-state index contributed by atoms with van der Waals surface area (Å²) in [4.78, 5) is 9.44. The van der Waals surface area contributed by atoms with Crippen LogP contribution in [0.2, 0.25) is 0 Å². The molecular formula is C15H30IN7. The Morgan fingerprint density at radius 3 is 2.74 bits per heavy atom. The molecule has 2 N–H and O–H groups in total. The highest BCUT2D eigenvalue weighted by Crippen LogP contribution is 2.04. The Hall–Kier alpha value is -0.870. The summed E-state index contributed by atoms with van der Waals surface area (Å²) in [6, 6.07) is 2.51. The van der Waals surface area contributed by atoms with Crippen molar-refractivity contribution in [3.63, 3.8) is 0 Å². The molecule has 1 unspecified atom stereocenters. The van der Waals surface area contributed by atoms with Crippen LogP contribution in [0.1, 0.15) is 12.6 Å². The molecule has 0 saturated carbocycles. The lowest BCUT2D eigenvalue weighted by Gasteiger charge is -2.37. The van der Waals surface area contributed by atoms with E-state index < -0.39 is 0 Å². The van der Waals surface area contributed by atoms with E-state index >= 15 is 0 Å². The summed E-state index contributed by atoms with van der Waals surface area (Å²) >= 11 is 0. The molecule has 0 aromatic carbocycles. The fraction of sp³-hybridized carbons (Fsp3) is 0.733. The highest BCUT2D eigenvalue weighted by atomic mass is 127. The van der Waals surface area contributed by atoms with Gasteiger partial charge in [0.1, 0.15) is 0 Å². The molecule has 0 aliphatic carbocycles. The Morgan fingerprint density at radius 1 is 1.30 bits per heavy atom. The van der Waals surface area contributed by atoms with E-state index in [9.17, 15) is 0 Å². The van der Waals surface area contributed by atoms with Crippen LogP contribution in [0.5, 0.6) is 0 Å². The van der Waals surface area contributed by atoms with Crippen molar-refractivity contribution in [1.29, 1.82) is 0 Å². The Balaban J connectivity index is 0.00000264. The van der Waals surface area contributed by atoms with E-state index in [0.29, 0.717) is 12.6 Å². The number of likely N-dealkylation sites (N-methyl/N-ethyl adjacent to an activating group) is 2. The molecule has 1 saturated heterocycles. The van der Waals surface area contributed by atoms with Crippen molar-refractivity contribution in [3.05, 3.63) is 18.0 Å². The lowest BCUT2D eigenvalue weighted by atomic mass is 10.2. The smallest absolute Gasteiger partial charge is 0.191 e. The van der Waals surface area contributed by atoms with Crippen LogP contribution in [0.4, 0.5) is 0 Å². The number of nitrogens with one attached hydrogen (secondary N) is 2. The number of rotatable bonds is 5. The molecule has 1 aromatic heterocycles. The average Bonchev–Trinajstić information content (AvgIpc) is 2.90. The molecule has 1 aliphatic rings. The molecule has 2 heterocycles. The van der Waals surface area contributed by atoms with Gasteiger partial charge in [-0.1, -0.05) is 0 Å². The lowest BCUT2D eigenvalue weighted by Crippen LogP contribution is -2.55. The number of hydrogen-bond acceptors (Lipinski definition) is 4. The van der Waals surface area contributed by atoms with Crippen LogP contribution in [-0.2, 0) is 13.6 Å². The second kappa shape index (κ2) is 10.1. The quantitative estimate of drug-likeness (QED) is 0.397. The minimum absolute atomic E-state index is 0. The topological polar surface area (TPSA) is 60.7 Å². The molecule has 0 radical (unpaired) electrons. The second-order valence-corrected chi connectivity index (χ2v) is 5.92. The molecule has 8 heteroatoms. The van der Waals surface area contributed by atoms with Crippen molar-refractivity contribution in [1.82, 2.24) is 30.2 Å². The van der Waals surface area contributed by atoms with Crippen molar-refractivity contribution in [2.45, 2.75) is 19.5 Å². The average molecular weight is 435 g/mol. The van der Waals surface area contributed by atoms with Crippen molar-refractivity contribution in [3.8, 4) is 0 Å². The zero-order valence-electron chi connectivity index (χ0n) is 14.6. The normalized spacial score (nSPS) is 20.2. The summed E-state index contributed by atoms with van der Waals surface area (Å²) in [5.41, 5.74) is 1.10. The number of aliphatic imine (C=N–C) groups is 1. The fourth-order valence-electron chi connectivity index (χ4n) is 2.59. The van der Waals surface area contributed by atoms with Crippen LogP contribution >= 0.6 is 24.0 Å². The third-order valence-electron chi connectivity index (χ3n) is 4.15. The zero-order valence-corrected chi connectivity index (χ0v) is 16.9. The van der Waals surface area contributed by atoms with Crippen molar-refractivity contribution < 1.29 is 0 Å². The van der Waals surface area contributed by atoms with Crippen LogP contribution < -0.4 is 10.6 Å². The predicted octanol–water partition coefficient (Wildman–Crippen LogP) is 0.339. The van der Waals surface area contributed by atoms with Crippen LogP contribution in [0.15, 0.2) is 17.3 Å². The van der Waals surface area contributed by atoms with Gasteiger partial charge in [-0.15, -0.1) is 24.0 Å². The largest absolute Gasteiger partial charge is 0.357 e. The van der Waals surface area contributed by atoms with Gasteiger partial charge in [0.15, 0.2) is 5.96 Å². The summed E-state index contributed by atoms with van der Waals surface area (Å²) in [7, 11) is 6.32. The molecule has 1 aliphatic heterocycles. The minimum Gasteiger partial charge on any atom is -0.357 e. The molecule has 132 valence electrons. The van der Waals surface area contributed by atoms with Gasteiger partial charge in [0.05, 0.1) is 12.2 Å². The van der Waals surface area contributed by atoms with Gasteiger partial charge in [-0.3, -0.25) is 9.58 Å². The van der Waals surface area contributed by atoms with E-state index in [-0.39, 0.29) is 24.0 Å². The summed E-state index contributed by atoms with van der Waals surface area (Å²) in [6.45, 7) is 7.82. The number of aromatic nitrogens is 2. The van der Waals surface area contributed by atoms with Gasteiger partial charge in [0, 0.05) is 52.0 Å². The second-order valence-electron chi connectivity index (χ2n) is 5.92. The van der Waals surface area contributed by atoms with Gasteiger partial charge >= 0.3 is 0 Å². The van der Waals surface area contributed by atoms with E-state index in [1.165, 1.54) is 0 Å². The minimum atomic E-state index is 0. The van der Waals surface area contributed by atoms with Crippen LogP contribution in [0.25, 0.3) is 0 Å². The molecule has 1 aromatic rings. The maximum Gasteiger partial charge on any atom is 0.191 e. The third-order valence-corrected chi connectivity index (χ3v) is 4.15. The first-order valence-electron chi connectivity index (χ1n) is 7.98. The number of piperazine rings is 1. The summed E-state index contributed by atoms with van der Waals surface area (Å²) in [6.07, 6.45) is 1.80. The van der Waals surface area contributed by atoms with Gasteiger partial charge < -0.3 is 15.5 Å². The maximum atomic E-state index is 4.65. The van der Waals surface area contributed by atoms with E-state index in [2.05, 4.69) is 51.5 Å². The first-order valence-corrected chi connectivity index (χ1v) is 7.98.